The smallest absolute Gasteiger partial charge is 0.272 e. The van der Waals surface area contributed by atoms with Gasteiger partial charge in [-0.3, -0.25) is 4.79 Å². The van der Waals surface area contributed by atoms with Crippen molar-refractivity contribution in [3.8, 4) is 0 Å². The van der Waals surface area contributed by atoms with E-state index < -0.39 is 0 Å². The van der Waals surface area contributed by atoms with Gasteiger partial charge in [-0.1, -0.05) is 36.4 Å². The lowest BCUT2D eigenvalue weighted by atomic mass is 10.2. The Labute approximate surface area is 117 Å². The number of hydrogen-bond acceptors (Lipinski definition) is 2. The van der Waals surface area contributed by atoms with Crippen molar-refractivity contribution in [2.24, 2.45) is 0 Å². The first kappa shape index (κ1) is 12.6. The number of fused-ring (bicyclic) bond motifs is 1. The average Bonchev–Trinajstić information content (AvgIpc) is 2.45. The first-order valence-electron chi connectivity index (χ1n) is 6.67. The predicted octanol–water partition coefficient (Wildman–Crippen LogP) is 3.06. The van der Waals surface area contributed by atoms with Crippen molar-refractivity contribution in [3.05, 3.63) is 75.7 Å². The summed E-state index contributed by atoms with van der Waals surface area (Å²) in [4.78, 5) is 16.8. The molecule has 0 aliphatic heterocycles. The van der Waals surface area contributed by atoms with Gasteiger partial charge >= 0.3 is 0 Å². The molecule has 2 aromatic carbocycles. The maximum Gasteiger partial charge on any atom is 0.272 e. The molecule has 20 heavy (non-hydrogen) atoms. The molecule has 0 bridgehead atoms. The lowest BCUT2D eigenvalue weighted by Gasteiger charge is -2.11. The van der Waals surface area contributed by atoms with E-state index >= 15 is 0 Å². The maximum atomic E-state index is 12.4. The molecule has 3 nitrogen and oxygen atoms in total. The summed E-state index contributed by atoms with van der Waals surface area (Å²) >= 11 is 0. The molecule has 0 radical (unpaired) electrons. The van der Waals surface area contributed by atoms with Crippen molar-refractivity contribution in [2.75, 3.05) is 0 Å². The van der Waals surface area contributed by atoms with Crippen molar-refractivity contribution in [1.82, 2.24) is 9.55 Å². The van der Waals surface area contributed by atoms with Gasteiger partial charge in [-0.15, -0.1) is 0 Å². The second-order valence-corrected chi connectivity index (χ2v) is 5.07. The molecule has 1 heterocycles. The average molecular weight is 264 g/mol. The minimum atomic E-state index is -0.0230. The van der Waals surface area contributed by atoms with Gasteiger partial charge in [-0.05, 0) is 37.1 Å². The zero-order valence-corrected chi connectivity index (χ0v) is 11.6. The molecule has 100 valence electrons. The van der Waals surface area contributed by atoms with Crippen LogP contribution in [-0.4, -0.2) is 9.55 Å². The minimum absolute atomic E-state index is 0.0230. The highest BCUT2D eigenvalue weighted by Crippen LogP contribution is 2.14. The van der Waals surface area contributed by atoms with E-state index in [2.05, 4.69) is 4.98 Å². The van der Waals surface area contributed by atoms with Crippen LogP contribution in [-0.2, 0) is 6.54 Å². The third kappa shape index (κ3) is 2.23. The molecule has 3 heteroatoms. The monoisotopic (exact) mass is 264 g/mol. The van der Waals surface area contributed by atoms with Gasteiger partial charge in [0.05, 0.1) is 17.6 Å². The van der Waals surface area contributed by atoms with Crippen molar-refractivity contribution in [2.45, 2.75) is 20.4 Å². The fourth-order valence-electron chi connectivity index (χ4n) is 2.41. The van der Waals surface area contributed by atoms with Gasteiger partial charge in [0.15, 0.2) is 0 Å². The Morgan fingerprint density at radius 2 is 1.80 bits per heavy atom. The van der Waals surface area contributed by atoms with Crippen LogP contribution in [0.1, 0.15) is 16.8 Å². The highest BCUT2D eigenvalue weighted by molar-refractivity contribution is 5.75. The summed E-state index contributed by atoms with van der Waals surface area (Å²) < 4.78 is 1.80. The molecular weight excluding hydrogens is 248 g/mol. The van der Waals surface area contributed by atoms with Crippen LogP contribution >= 0.6 is 0 Å². The number of aromatic nitrogens is 2. The summed E-state index contributed by atoms with van der Waals surface area (Å²) in [6.45, 7) is 4.37. The largest absolute Gasteiger partial charge is 0.301 e. The summed E-state index contributed by atoms with van der Waals surface area (Å²) in [7, 11) is 0. The molecule has 0 amide bonds. The second-order valence-electron chi connectivity index (χ2n) is 5.07. The van der Waals surface area contributed by atoms with Crippen molar-refractivity contribution in [1.29, 1.82) is 0 Å². The van der Waals surface area contributed by atoms with Crippen LogP contribution in [0.5, 0.6) is 0 Å². The van der Waals surface area contributed by atoms with Gasteiger partial charge in [0.2, 0.25) is 0 Å². The van der Waals surface area contributed by atoms with E-state index in [1.165, 1.54) is 0 Å². The molecular formula is C17H16N2O. The van der Waals surface area contributed by atoms with Gasteiger partial charge in [0.1, 0.15) is 5.69 Å². The lowest BCUT2D eigenvalue weighted by Crippen LogP contribution is -2.24. The number of rotatable bonds is 2. The molecule has 0 atom stereocenters. The molecule has 0 saturated heterocycles. The van der Waals surface area contributed by atoms with E-state index in [9.17, 15) is 4.79 Å². The molecule has 3 aromatic rings. The topological polar surface area (TPSA) is 34.9 Å². The predicted molar refractivity (Wildman–Crippen MR) is 81.0 cm³/mol. The van der Waals surface area contributed by atoms with Crippen LogP contribution in [0, 0.1) is 13.8 Å². The second kappa shape index (κ2) is 4.93. The Balaban J connectivity index is 2.23. The first-order valence-corrected chi connectivity index (χ1v) is 6.67. The van der Waals surface area contributed by atoms with Gasteiger partial charge < -0.3 is 4.57 Å². The van der Waals surface area contributed by atoms with Crippen molar-refractivity contribution < 1.29 is 0 Å². The van der Waals surface area contributed by atoms with Crippen molar-refractivity contribution in [3.63, 3.8) is 0 Å². The van der Waals surface area contributed by atoms with E-state index in [0.717, 1.165) is 22.2 Å². The number of nitrogens with zero attached hydrogens (tertiary/aromatic N) is 2. The summed E-state index contributed by atoms with van der Waals surface area (Å²) in [5, 5.41) is 0. The number of hydrogen-bond donors (Lipinski definition) is 0. The Morgan fingerprint density at radius 3 is 2.55 bits per heavy atom. The van der Waals surface area contributed by atoms with E-state index in [4.69, 9.17) is 0 Å². The molecule has 0 N–H and O–H groups in total. The molecule has 1 aromatic heterocycles. The summed E-state index contributed by atoms with van der Waals surface area (Å²) in [5.74, 6) is 0. The normalized spacial score (nSPS) is 10.9. The standard InChI is InChI=1S/C17H16N2O/c1-12-8-9-16-15(10-12)18-13(2)17(20)19(16)11-14-6-4-3-5-7-14/h3-10H,11H2,1-2H3. The fourth-order valence-corrected chi connectivity index (χ4v) is 2.41. The highest BCUT2D eigenvalue weighted by Gasteiger charge is 2.08. The van der Waals surface area contributed by atoms with Gasteiger partial charge in [-0.25, -0.2) is 4.98 Å². The first-order chi connectivity index (χ1) is 9.65. The summed E-state index contributed by atoms with van der Waals surface area (Å²) in [6, 6.07) is 16.0. The maximum absolute atomic E-state index is 12.4. The van der Waals surface area contributed by atoms with E-state index in [1.807, 2.05) is 55.5 Å². The number of aryl methyl sites for hydroxylation is 2. The minimum Gasteiger partial charge on any atom is -0.301 e. The molecule has 0 saturated carbocycles. The summed E-state index contributed by atoms with van der Waals surface area (Å²) in [6.07, 6.45) is 0. The van der Waals surface area contributed by atoms with E-state index in [0.29, 0.717) is 12.2 Å². The van der Waals surface area contributed by atoms with Gasteiger partial charge in [0.25, 0.3) is 5.56 Å². The Hall–Kier alpha value is -2.42. The van der Waals surface area contributed by atoms with Gasteiger partial charge in [-0.2, -0.15) is 0 Å². The van der Waals surface area contributed by atoms with Crippen LogP contribution in [0.15, 0.2) is 53.3 Å². The van der Waals surface area contributed by atoms with Crippen LogP contribution in [0.3, 0.4) is 0 Å². The van der Waals surface area contributed by atoms with Crippen molar-refractivity contribution >= 4 is 11.0 Å². The molecule has 3 rings (SSSR count). The molecule has 0 spiro atoms. The Morgan fingerprint density at radius 1 is 1.05 bits per heavy atom. The zero-order chi connectivity index (χ0) is 14.1. The van der Waals surface area contributed by atoms with E-state index in [1.54, 1.807) is 11.5 Å². The van der Waals surface area contributed by atoms with Crippen LogP contribution in [0.25, 0.3) is 11.0 Å². The van der Waals surface area contributed by atoms with Gasteiger partial charge in [0, 0.05) is 0 Å². The quantitative estimate of drug-likeness (QED) is 0.713. The third-order valence-corrected chi connectivity index (χ3v) is 3.45. The zero-order valence-electron chi connectivity index (χ0n) is 11.6. The number of benzene rings is 2. The van der Waals surface area contributed by atoms with E-state index in [-0.39, 0.29) is 5.56 Å². The molecule has 0 aliphatic rings. The molecule has 0 fully saturated rings. The SMILES string of the molecule is Cc1ccc2c(c1)nc(C)c(=O)n2Cc1ccccc1. The Kier molecular flexibility index (Phi) is 3.11. The summed E-state index contributed by atoms with van der Waals surface area (Å²) in [5.41, 5.74) is 4.54. The fraction of sp³-hybridized carbons (Fsp3) is 0.176. The molecule has 0 aliphatic carbocycles. The van der Waals surface area contributed by atoms with Crippen LogP contribution in [0.4, 0.5) is 0 Å². The van der Waals surface area contributed by atoms with Crippen LogP contribution < -0.4 is 5.56 Å². The molecule has 0 unspecified atom stereocenters. The third-order valence-electron chi connectivity index (χ3n) is 3.45. The lowest BCUT2D eigenvalue weighted by molar-refractivity contribution is 0.776. The Bertz CT molecular complexity index is 820. The van der Waals surface area contributed by atoms with Crippen LogP contribution in [0.2, 0.25) is 0 Å². The highest BCUT2D eigenvalue weighted by atomic mass is 16.1.